The second-order valence-electron chi connectivity index (χ2n) is 16.3. The molecule has 0 amide bonds. The molecule has 63 heavy (non-hydrogen) atoms. The maximum absolute atomic E-state index is 6.90. The monoisotopic (exact) mass is 804 g/mol. The number of hydrogen-bond donors (Lipinski definition) is 0. The van der Waals surface area contributed by atoms with E-state index in [-0.39, 0.29) is 0 Å². The minimum absolute atomic E-state index is 0.581. The highest BCUT2D eigenvalue weighted by molar-refractivity contribution is 6.20. The molecular weight excluding hydrogens is 769 g/mol. The van der Waals surface area contributed by atoms with Crippen LogP contribution in [0.25, 0.3) is 117 Å². The molecule has 0 spiro atoms. The van der Waals surface area contributed by atoms with Crippen LogP contribution in [0.5, 0.6) is 0 Å². The van der Waals surface area contributed by atoms with E-state index >= 15 is 0 Å². The number of para-hydroxylation sites is 2. The topological polar surface area (TPSA) is 56.7 Å². The fourth-order valence-corrected chi connectivity index (χ4v) is 9.92. The quantitative estimate of drug-likeness (QED) is 0.168. The first-order valence-corrected chi connectivity index (χ1v) is 21.4. The fourth-order valence-electron chi connectivity index (χ4n) is 9.92. The van der Waals surface area contributed by atoms with Gasteiger partial charge < -0.3 is 8.98 Å². The van der Waals surface area contributed by atoms with Crippen molar-refractivity contribution >= 4 is 43.7 Å². The Labute approximate surface area is 363 Å². The van der Waals surface area contributed by atoms with Crippen LogP contribution in [-0.4, -0.2) is 19.5 Å². The summed E-state index contributed by atoms with van der Waals surface area (Å²) in [5.41, 5.74) is 17.5. The van der Waals surface area contributed by atoms with Gasteiger partial charge in [0.2, 0.25) is 0 Å². The zero-order valence-electron chi connectivity index (χ0n) is 34.0. The lowest BCUT2D eigenvalue weighted by Gasteiger charge is -2.16. The molecule has 0 atom stereocenters. The molecule has 0 unspecified atom stereocenters. The van der Waals surface area contributed by atoms with Crippen LogP contribution in [0, 0.1) is 0 Å². The molecule has 9 aromatic carbocycles. The van der Waals surface area contributed by atoms with Gasteiger partial charge in [-0.2, -0.15) is 0 Å². The van der Waals surface area contributed by atoms with Crippen molar-refractivity contribution in [2.24, 2.45) is 0 Å². The Hall–Kier alpha value is -8.41. The Morgan fingerprint density at radius 2 is 0.921 bits per heavy atom. The summed E-state index contributed by atoms with van der Waals surface area (Å²) in [6, 6.07) is 72.8. The van der Waals surface area contributed by atoms with Gasteiger partial charge in [0.15, 0.2) is 17.5 Å². The summed E-state index contributed by atoms with van der Waals surface area (Å²) in [7, 11) is 0. The van der Waals surface area contributed by atoms with Crippen molar-refractivity contribution in [1.82, 2.24) is 19.5 Å². The number of furan rings is 1. The van der Waals surface area contributed by atoms with Crippen molar-refractivity contribution in [1.29, 1.82) is 0 Å². The normalized spacial score (nSPS) is 12.1. The van der Waals surface area contributed by atoms with Crippen LogP contribution < -0.4 is 0 Å². The summed E-state index contributed by atoms with van der Waals surface area (Å²) in [4.78, 5) is 15.7. The zero-order chi connectivity index (χ0) is 41.4. The number of rotatable bonds is 6. The number of fused-ring (bicyclic) bond motifs is 9. The predicted octanol–water partition coefficient (Wildman–Crippen LogP) is 14.8. The van der Waals surface area contributed by atoms with E-state index in [1.165, 1.54) is 44.2 Å². The summed E-state index contributed by atoms with van der Waals surface area (Å²) >= 11 is 0. The number of benzene rings is 9. The van der Waals surface area contributed by atoms with E-state index in [1.807, 2.05) is 36.4 Å². The highest BCUT2D eigenvalue weighted by Gasteiger charge is 2.27. The predicted molar refractivity (Wildman–Crippen MR) is 257 cm³/mol. The first kappa shape index (κ1) is 35.4. The van der Waals surface area contributed by atoms with Gasteiger partial charge in [0.25, 0.3) is 0 Å². The molecule has 0 radical (unpaired) electrons. The van der Waals surface area contributed by atoms with Gasteiger partial charge in [0.1, 0.15) is 11.2 Å². The fraction of sp³-hybridized carbons (Fsp3) is 0.0172. The van der Waals surface area contributed by atoms with Gasteiger partial charge in [0, 0.05) is 32.8 Å². The van der Waals surface area contributed by atoms with Crippen LogP contribution in [0.2, 0.25) is 0 Å². The van der Waals surface area contributed by atoms with E-state index in [9.17, 15) is 0 Å². The van der Waals surface area contributed by atoms with Gasteiger partial charge in [-0.3, -0.25) is 0 Å². The molecule has 0 N–H and O–H groups in total. The summed E-state index contributed by atoms with van der Waals surface area (Å²) in [5, 5.41) is 4.39. The van der Waals surface area contributed by atoms with Gasteiger partial charge in [-0.1, -0.05) is 176 Å². The average Bonchev–Trinajstić information content (AvgIpc) is 4.04. The first-order valence-electron chi connectivity index (χ1n) is 21.4. The lowest BCUT2D eigenvalue weighted by atomic mass is 9.92. The number of hydrogen-bond acceptors (Lipinski definition) is 4. The molecule has 5 heteroatoms. The second-order valence-corrected chi connectivity index (χ2v) is 16.3. The highest BCUT2D eigenvalue weighted by atomic mass is 16.3. The van der Waals surface area contributed by atoms with E-state index in [0.29, 0.717) is 17.5 Å². The molecular formula is C58H36N4O. The van der Waals surface area contributed by atoms with E-state index in [4.69, 9.17) is 19.4 Å². The molecule has 0 aliphatic heterocycles. The summed E-state index contributed by atoms with van der Waals surface area (Å²) in [6.45, 7) is 0. The SMILES string of the molecule is c1ccc(-c2nc(-c3ccccc3)nc(-c3ccc4oc5cccc(-c6ccc7c(c6)Cc6cccc(-c8ccccc8)c6-7)c5c4c3-n3c4ccccc4c4ccccc43)n2)cc1. The van der Waals surface area contributed by atoms with Crippen molar-refractivity contribution in [2.75, 3.05) is 0 Å². The number of aromatic nitrogens is 4. The maximum atomic E-state index is 6.90. The molecule has 5 nitrogen and oxygen atoms in total. The molecule has 1 aliphatic carbocycles. The van der Waals surface area contributed by atoms with Gasteiger partial charge in [-0.05, 0) is 81.3 Å². The zero-order valence-corrected chi connectivity index (χ0v) is 34.0. The molecule has 0 saturated heterocycles. The summed E-state index contributed by atoms with van der Waals surface area (Å²) in [5.74, 6) is 1.80. The van der Waals surface area contributed by atoms with Gasteiger partial charge in [-0.15, -0.1) is 0 Å². The van der Waals surface area contributed by atoms with Gasteiger partial charge >= 0.3 is 0 Å². The van der Waals surface area contributed by atoms with E-state index in [1.54, 1.807) is 0 Å². The molecule has 3 heterocycles. The van der Waals surface area contributed by atoms with Crippen LogP contribution in [0.1, 0.15) is 11.1 Å². The minimum Gasteiger partial charge on any atom is -0.456 e. The summed E-state index contributed by atoms with van der Waals surface area (Å²) in [6.07, 6.45) is 0.880. The molecule has 0 bridgehead atoms. The lowest BCUT2D eigenvalue weighted by Crippen LogP contribution is -2.04. The van der Waals surface area contributed by atoms with Gasteiger partial charge in [0.05, 0.1) is 22.1 Å². The third-order valence-electron chi connectivity index (χ3n) is 12.7. The first-order chi connectivity index (χ1) is 31.2. The smallest absolute Gasteiger partial charge is 0.166 e. The molecule has 294 valence electrons. The van der Waals surface area contributed by atoms with Crippen LogP contribution >= 0.6 is 0 Å². The van der Waals surface area contributed by atoms with Crippen LogP contribution in [0.4, 0.5) is 0 Å². The Morgan fingerprint density at radius 1 is 0.365 bits per heavy atom. The second kappa shape index (κ2) is 14.1. The molecule has 0 saturated carbocycles. The van der Waals surface area contributed by atoms with Crippen molar-refractivity contribution in [3.8, 4) is 73.2 Å². The molecule has 13 rings (SSSR count). The van der Waals surface area contributed by atoms with Gasteiger partial charge in [-0.25, -0.2) is 15.0 Å². The number of nitrogens with zero attached hydrogens (tertiary/aromatic N) is 4. The molecule has 12 aromatic rings. The molecule has 3 aromatic heterocycles. The standard InChI is InChI=1S/C58H36N4O/c1-4-16-36(17-5-1)42-25-14-22-40-35-41-34-39(30-31-44(41)52(40)42)43-26-15-29-50-53(43)54-51(63-50)33-32-47(55(54)62-48-27-12-10-23-45(48)46-24-11-13-28-49(46)62)58-60-56(37-18-6-2-7-19-37)59-57(61-58)38-20-8-3-9-21-38/h1-34H,35H2. The van der Waals surface area contributed by atoms with Crippen LogP contribution in [0.3, 0.4) is 0 Å². The Balaban J connectivity index is 1.11. The van der Waals surface area contributed by atoms with Crippen LogP contribution in [0.15, 0.2) is 211 Å². The van der Waals surface area contributed by atoms with Crippen molar-refractivity contribution in [3.63, 3.8) is 0 Å². The summed E-state index contributed by atoms with van der Waals surface area (Å²) < 4.78 is 9.29. The Kier molecular flexibility index (Phi) is 7.90. The van der Waals surface area contributed by atoms with Crippen molar-refractivity contribution in [2.45, 2.75) is 6.42 Å². The van der Waals surface area contributed by atoms with Crippen molar-refractivity contribution in [3.05, 3.63) is 217 Å². The molecule has 1 aliphatic rings. The Bertz CT molecular complexity index is 3650. The van der Waals surface area contributed by atoms with E-state index in [0.717, 1.165) is 72.9 Å². The third kappa shape index (κ3) is 5.60. The average molecular weight is 805 g/mol. The van der Waals surface area contributed by atoms with Crippen molar-refractivity contribution < 1.29 is 4.42 Å². The third-order valence-corrected chi connectivity index (χ3v) is 12.7. The lowest BCUT2D eigenvalue weighted by molar-refractivity contribution is 0.669. The largest absolute Gasteiger partial charge is 0.456 e. The van der Waals surface area contributed by atoms with E-state index < -0.39 is 0 Å². The van der Waals surface area contributed by atoms with E-state index in [2.05, 4.69) is 174 Å². The Morgan fingerprint density at radius 3 is 1.60 bits per heavy atom. The van der Waals surface area contributed by atoms with Crippen LogP contribution in [-0.2, 0) is 6.42 Å². The maximum Gasteiger partial charge on any atom is 0.166 e. The molecule has 0 fully saturated rings. The minimum atomic E-state index is 0.581. The highest BCUT2D eigenvalue weighted by Crippen LogP contribution is 2.48.